The van der Waals surface area contributed by atoms with E-state index in [1.54, 1.807) is 0 Å². The molecule has 9 nitrogen and oxygen atoms in total. The van der Waals surface area contributed by atoms with Gasteiger partial charge in [-0.1, -0.05) is 43.7 Å². The van der Waals surface area contributed by atoms with Gasteiger partial charge in [-0.3, -0.25) is 14.9 Å². The molecule has 0 unspecified atom stereocenters. The van der Waals surface area contributed by atoms with E-state index >= 15 is 0 Å². The van der Waals surface area contributed by atoms with Crippen LogP contribution in [0.15, 0.2) is 40.9 Å². The van der Waals surface area contributed by atoms with Gasteiger partial charge in [0.15, 0.2) is 5.96 Å². The summed E-state index contributed by atoms with van der Waals surface area (Å²) in [6.07, 6.45) is 2.37. The first-order valence-corrected chi connectivity index (χ1v) is 11.2. The number of benzene rings is 1. The van der Waals surface area contributed by atoms with Crippen molar-refractivity contribution in [2.24, 2.45) is 10.7 Å². The number of aliphatic imine (C=N–C) groups is 1. The summed E-state index contributed by atoms with van der Waals surface area (Å²) < 4.78 is 6.11. The molecule has 0 saturated heterocycles. The van der Waals surface area contributed by atoms with Gasteiger partial charge >= 0.3 is 5.97 Å². The topological polar surface area (TPSA) is 143 Å². The molecule has 1 aliphatic carbocycles. The highest BCUT2D eigenvalue weighted by Gasteiger charge is 2.37. The number of aryl methyl sites for hydroxylation is 1. The summed E-state index contributed by atoms with van der Waals surface area (Å²) in [6.45, 7) is 7.29. The molecule has 0 bridgehead atoms. The van der Waals surface area contributed by atoms with Gasteiger partial charge in [0, 0.05) is 18.9 Å². The van der Waals surface area contributed by atoms with Crippen LogP contribution in [0.25, 0.3) is 0 Å². The summed E-state index contributed by atoms with van der Waals surface area (Å²) in [5.41, 5.74) is 8.04. The number of rotatable bonds is 9. The second-order valence-electron chi connectivity index (χ2n) is 8.26. The van der Waals surface area contributed by atoms with Crippen LogP contribution in [0.1, 0.15) is 51.2 Å². The van der Waals surface area contributed by atoms with Gasteiger partial charge in [-0.15, -0.1) is 0 Å². The Kier molecular flexibility index (Phi) is 9.59. The van der Waals surface area contributed by atoms with Crippen LogP contribution in [0, 0.1) is 6.92 Å². The Balaban J connectivity index is 2.23. The third kappa shape index (κ3) is 8.02. The van der Waals surface area contributed by atoms with Gasteiger partial charge in [0.25, 0.3) is 0 Å². The lowest BCUT2D eigenvalue weighted by Gasteiger charge is -2.36. The monoisotopic (exact) mass is 458 g/mol. The van der Waals surface area contributed by atoms with Crippen LogP contribution in [-0.2, 0) is 25.5 Å². The Morgan fingerprint density at radius 3 is 2.39 bits per heavy atom. The van der Waals surface area contributed by atoms with Gasteiger partial charge in [-0.2, -0.15) is 0 Å². The normalized spacial score (nSPS) is 20.8. The Labute approximate surface area is 194 Å². The molecule has 0 aromatic heterocycles. The molecule has 2 rings (SSSR count). The molecule has 1 aliphatic rings. The highest BCUT2D eigenvalue weighted by Crippen LogP contribution is 2.26. The Hall–Kier alpha value is -3.20. The van der Waals surface area contributed by atoms with Gasteiger partial charge in [0.1, 0.15) is 0 Å². The minimum absolute atomic E-state index is 0.0393. The number of ether oxygens (including phenoxy) is 1. The molecule has 0 fully saturated rings. The van der Waals surface area contributed by atoms with Crippen molar-refractivity contribution in [3.63, 3.8) is 0 Å². The Morgan fingerprint density at radius 1 is 1.21 bits per heavy atom. The smallest absolute Gasteiger partial charge is 0.331 e. The predicted molar refractivity (Wildman–Crippen MR) is 126 cm³/mol. The van der Waals surface area contributed by atoms with E-state index in [-0.39, 0.29) is 42.3 Å². The second kappa shape index (κ2) is 12.2. The number of guanidine groups is 1. The molecule has 0 radical (unpaired) electrons. The SMILES string of the molecule is CCC(CC)O[C@@H]1C=C(C(=O)O)C[C@H](N=C(N)NC(=O)Cc2ccc(C)cc2)[C@H]1NC(C)=O. The number of carbonyl (C=O) groups excluding carboxylic acids is 2. The largest absolute Gasteiger partial charge is 0.478 e. The quantitative estimate of drug-likeness (QED) is 0.328. The average Bonchev–Trinajstić information content (AvgIpc) is 2.74. The lowest BCUT2D eigenvalue weighted by Crippen LogP contribution is -2.54. The fourth-order valence-electron chi connectivity index (χ4n) is 3.76. The second-order valence-corrected chi connectivity index (χ2v) is 8.26. The van der Waals surface area contributed by atoms with Crippen molar-refractivity contribution in [2.45, 2.75) is 77.7 Å². The van der Waals surface area contributed by atoms with Crippen LogP contribution >= 0.6 is 0 Å². The maximum absolute atomic E-state index is 12.4. The van der Waals surface area contributed by atoms with Crippen molar-refractivity contribution in [3.8, 4) is 0 Å². The highest BCUT2D eigenvalue weighted by molar-refractivity contribution is 5.97. The molecule has 2 amide bonds. The number of nitrogens with two attached hydrogens (primary N) is 1. The number of carboxylic acid groups (broad SMARTS) is 1. The molecule has 1 aromatic rings. The maximum Gasteiger partial charge on any atom is 0.331 e. The summed E-state index contributed by atoms with van der Waals surface area (Å²) in [5.74, 6) is -1.87. The summed E-state index contributed by atoms with van der Waals surface area (Å²) in [4.78, 5) is 40.4. The van der Waals surface area contributed by atoms with Gasteiger partial charge in [-0.05, 0) is 31.4 Å². The molecule has 0 aliphatic heterocycles. The molecular formula is C24H34N4O5. The first-order chi connectivity index (χ1) is 15.6. The third-order valence-corrected chi connectivity index (χ3v) is 5.53. The number of amides is 2. The summed E-state index contributed by atoms with van der Waals surface area (Å²) in [7, 11) is 0. The van der Waals surface area contributed by atoms with Crippen LogP contribution in [0.2, 0.25) is 0 Å². The number of hydrogen-bond acceptors (Lipinski definition) is 5. The van der Waals surface area contributed by atoms with E-state index in [0.717, 1.165) is 24.0 Å². The van der Waals surface area contributed by atoms with E-state index in [2.05, 4.69) is 15.6 Å². The molecule has 0 saturated carbocycles. The number of nitrogens with zero attached hydrogens (tertiary/aromatic N) is 1. The number of carbonyl (C=O) groups is 3. The van der Waals surface area contributed by atoms with Crippen LogP contribution < -0.4 is 16.4 Å². The number of aliphatic carboxylic acids is 1. The highest BCUT2D eigenvalue weighted by atomic mass is 16.5. The van der Waals surface area contributed by atoms with Crippen molar-refractivity contribution in [2.75, 3.05) is 0 Å². The summed E-state index contributed by atoms with van der Waals surface area (Å²) in [5, 5.41) is 15.0. The van der Waals surface area contributed by atoms with Crippen molar-refractivity contribution in [1.29, 1.82) is 0 Å². The molecule has 5 N–H and O–H groups in total. The predicted octanol–water partition coefficient (Wildman–Crippen LogP) is 1.83. The number of carboxylic acids is 1. The van der Waals surface area contributed by atoms with E-state index in [1.165, 1.54) is 13.0 Å². The minimum atomic E-state index is -1.09. The van der Waals surface area contributed by atoms with E-state index in [9.17, 15) is 19.5 Å². The third-order valence-electron chi connectivity index (χ3n) is 5.53. The Bertz CT molecular complexity index is 906. The van der Waals surface area contributed by atoms with Crippen molar-refractivity contribution in [3.05, 3.63) is 47.0 Å². The van der Waals surface area contributed by atoms with Gasteiger partial charge in [0.2, 0.25) is 11.8 Å². The first kappa shape index (κ1) is 26.1. The van der Waals surface area contributed by atoms with E-state index < -0.39 is 24.2 Å². The average molecular weight is 459 g/mol. The van der Waals surface area contributed by atoms with Crippen LogP contribution in [0.4, 0.5) is 0 Å². The number of nitrogens with one attached hydrogen (secondary N) is 2. The van der Waals surface area contributed by atoms with Gasteiger partial charge in [0.05, 0.1) is 30.7 Å². The van der Waals surface area contributed by atoms with E-state index in [0.29, 0.717) is 0 Å². The van der Waals surface area contributed by atoms with E-state index in [1.807, 2.05) is 45.0 Å². The number of hydrogen-bond donors (Lipinski definition) is 4. The fraction of sp³-hybridized carbons (Fsp3) is 0.500. The maximum atomic E-state index is 12.4. The van der Waals surface area contributed by atoms with Crippen molar-refractivity contribution >= 4 is 23.7 Å². The van der Waals surface area contributed by atoms with Gasteiger partial charge < -0.3 is 20.9 Å². The lowest BCUT2D eigenvalue weighted by molar-refractivity contribution is -0.133. The van der Waals surface area contributed by atoms with Crippen molar-refractivity contribution < 1.29 is 24.2 Å². The zero-order valence-corrected chi connectivity index (χ0v) is 19.6. The molecule has 180 valence electrons. The molecule has 9 heteroatoms. The minimum Gasteiger partial charge on any atom is -0.478 e. The first-order valence-electron chi connectivity index (χ1n) is 11.2. The molecule has 1 aromatic carbocycles. The van der Waals surface area contributed by atoms with Crippen LogP contribution in [0.5, 0.6) is 0 Å². The molecule has 0 heterocycles. The van der Waals surface area contributed by atoms with Crippen LogP contribution in [-0.4, -0.2) is 53.1 Å². The van der Waals surface area contributed by atoms with Crippen molar-refractivity contribution in [1.82, 2.24) is 10.6 Å². The summed E-state index contributed by atoms with van der Waals surface area (Å²) in [6, 6.07) is 6.21. The standard InChI is InChI=1S/C24H34N4O5/c1-5-18(6-2)33-20-13-17(23(31)32)12-19(22(20)26-15(4)29)27-24(25)28-21(30)11-16-9-7-14(3)8-10-16/h7-10,13,18-20,22H,5-6,11-12H2,1-4H3,(H,26,29)(H,31,32)(H3,25,27,28,30)/t19-,20+,22+/m0/s1. The Morgan fingerprint density at radius 2 is 1.85 bits per heavy atom. The lowest BCUT2D eigenvalue weighted by atomic mass is 9.88. The molecular weight excluding hydrogens is 424 g/mol. The molecule has 33 heavy (non-hydrogen) atoms. The van der Waals surface area contributed by atoms with Gasteiger partial charge in [-0.25, -0.2) is 9.79 Å². The summed E-state index contributed by atoms with van der Waals surface area (Å²) >= 11 is 0. The van der Waals surface area contributed by atoms with Crippen LogP contribution in [0.3, 0.4) is 0 Å². The van der Waals surface area contributed by atoms with E-state index in [4.69, 9.17) is 10.5 Å². The zero-order chi connectivity index (χ0) is 24.5. The fourth-order valence-corrected chi connectivity index (χ4v) is 3.76. The molecule has 0 spiro atoms. The zero-order valence-electron chi connectivity index (χ0n) is 19.6. The molecule has 3 atom stereocenters.